The molecule has 0 atom stereocenters. The minimum absolute atomic E-state index is 0.103. The van der Waals surface area contributed by atoms with Crippen molar-refractivity contribution in [2.75, 3.05) is 6.54 Å². The van der Waals surface area contributed by atoms with Crippen molar-refractivity contribution in [1.29, 1.82) is 0 Å². The molecule has 92 valence electrons. The molecule has 1 rings (SSSR count). The second kappa shape index (κ2) is 6.52. The van der Waals surface area contributed by atoms with Gasteiger partial charge in [-0.25, -0.2) is 0 Å². The molecule has 5 nitrogen and oxygen atoms in total. The van der Waals surface area contributed by atoms with Crippen LogP contribution in [-0.2, 0) is 6.42 Å². The summed E-state index contributed by atoms with van der Waals surface area (Å²) in [5.41, 5.74) is 7.09. The fourth-order valence-corrected chi connectivity index (χ4v) is 1.35. The number of carbonyl (C=O) groups excluding carboxylic acids is 1. The van der Waals surface area contributed by atoms with Crippen LogP contribution in [-0.4, -0.2) is 23.5 Å². The minimum atomic E-state index is -0.154. The van der Waals surface area contributed by atoms with Crippen molar-refractivity contribution in [3.63, 3.8) is 0 Å². The molecule has 0 aromatic heterocycles. The summed E-state index contributed by atoms with van der Waals surface area (Å²) in [5.74, 6) is -0.0509. The van der Waals surface area contributed by atoms with Gasteiger partial charge in [0.1, 0.15) is 5.84 Å². The van der Waals surface area contributed by atoms with E-state index >= 15 is 0 Å². The fraction of sp³-hybridized carbons (Fsp3) is 0.333. The quantitative estimate of drug-likeness (QED) is 0.309. The molecule has 0 radical (unpaired) electrons. The lowest BCUT2D eigenvalue weighted by molar-refractivity contribution is 0.0954. The smallest absolute Gasteiger partial charge is 0.251 e. The second-order valence-corrected chi connectivity index (χ2v) is 3.65. The predicted molar refractivity (Wildman–Crippen MR) is 66.2 cm³/mol. The molecule has 0 fully saturated rings. The number of hydrogen-bond acceptors (Lipinski definition) is 3. The van der Waals surface area contributed by atoms with Crippen molar-refractivity contribution in [3.05, 3.63) is 35.4 Å². The number of aryl methyl sites for hydroxylation is 1. The Morgan fingerprint density at radius 3 is 2.59 bits per heavy atom. The van der Waals surface area contributed by atoms with Gasteiger partial charge in [0.25, 0.3) is 5.91 Å². The number of carbonyl (C=O) groups is 1. The van der Waals surface area contributed by atoms with Gasteiger partial charge in [-0.2, -0.15) is 0 Å². The van der Waals surface area contributed by atoms with Crippen LogP contribution in [0.1, 0.15) is 29.3 Å². The summed E-state index contributed by atoms with van der Waals surface area (Å²) in [4.78, 5) is 11.7. The standard InChI is InChI=1S/C12H17N3O2/c1-2-9-3-5-10(6-4-9)12(16)14-8-7-11(13)15-17/h3-6,17H,2,7-8H2,1H3,(H2,13,15)(H,14,16). The van der Waals surface area contributed by atoms with Gasteiger partial charge in [0.15, 0.2) is 0 Å². The molecule has 0 saturated heterocycles. The third kappa shape index (κ3) is 4.14. The first-order valence-corrected chi connectivity index (χ1v) is 5.51. The van der Waals surface area contributed by atoms with Gasteiger partial charge in [-0.15, -0.1) is 0 Å². The first kappa shape index (κ1) is 13.0. The Hall–Kier alpha value is -2.04. The maximum atomic E-state index is 11.7. The fourth-order valence-electron chi connectivity index (χ4n) is 1.35. The van der Waals surface area contributed by atoms with Crippen LogP contribution in [0.2, 0.25) is 0 Å². The van der Waals surface area contributed by atoms with Crippen LogP contribution in [0.4, 0.5) is 0 Å². The Morgan fingerprint density at radius 1 is 1.41 bits per heavy atom. The normalized spacial score (nSPS) is 11.2. The number of amidine groups is 1. The van der Waals surface area contributed by atoms with Crippen molar-refractivity contribution < 1.29 is 10.0 Å². The van der Waals surface area contributed by atoms with Crippen LogP contribution in [0, 0.1) is 0 Å². The number of amides is 1. The highest BCUT2D eigenvalue weighted by Gasteiger charge is 2.04. The number of nitrogens with two attached hydrogens (primary N) is 1. The maximum Gasteiger partial charge on any atom is 0.251 e. The Kier molecular flexibility index (Phi) is 5.00. The molecule has 0 heterocycles. The van der Waals surface area contributed by atoms with Crippen molar-refractivity contribution in [1.82, 2.24) is 5.32 Å². The van der Waals surface area contributed by atoms with Crippen LogP contribution >= 0.6 is 0 Å². The van der Waals surface area contributed by atoms with E-state index in [-0.39, 0.29) is 11.7 Å². The molecule has 5 heteroatoms. The number of rotatable bonds is 5. The van der Waals surface area contributed by atoms with E-state index in [0.29, 0.717) is 18.5 Å². The first-order chi connectivity index (χ1) is 8.17. The Bertz CT molecular complexity index is 399. The predicted octanol–water partition coefficient (Wildman–Crippen LogP) is 1.12. The summed E-state index contributed by atoms with van der Waals surface area (Å²) < 4.78 is 0. The van der Waals surface area contributed by atoms with E-state index in [1.807, 2.05) is 12.1 Å². The molecule has 0 spiro atoms. The summed E-state index contributed by atoms with van der Waals surface area (Å²) in [6, 6.07) is 7.44. The van der Waals surface area contributed by atoms with Gasteiger partial charge in [0.05, 0.1) is 0 Å². The van der Waals surface area contributed by atoms with E-state index in [2.05, 4.69) is 17.4 Å². The van der Waals surface area contributed by atoms with Crippen molar-refractivity contribution in [3.8, 4) is 0 Å². The Labute approximate surface area is 100 Å². The van der Waals surface area contributed by atoms with E-state index in [4.69, 9.17) is 10.9 Å². The zero-order valence-corrected chi connectivity index (χ0v) is 9.81. The molecule has 17 heavy (non-hydrogen) atoms. The monoisotopic (exact) mass is 235 g/mol. The summed E-state index contributed by atoms with van der Waals surface area (Å²) in [5, 5.41) is 13.8. The molecule has 0 bridgehead atoms. The van der Waals surface area contributed by atoms with Gasteiger partial charge in [0, 0.05) is 18.5 Å². The summed E-state index contributed by atoms with van der Waals surface area (Å²) in [6.07, 6.45) is 1.28. The van der Waals surface area contributed by atoms with Gasteiger partial charge in [0.2, 0.25) is 0 Å². The van der Waals surface area contributed by atoms with Gasteiger partial charge in [-0.3, -0.25) is 4.79 Å². The minimum Gasteiger partial charge on any atom is -0.409 e. The largest absolute Gasteiger partial charge is 0.409 e. The molecule has 1 aromatic rings. The molecular formula is C12H17N3O2. The van der Waals surface area contributed by atoms with Gasteiger partial charge >= 0.3 is 0 Å². The first-order valence-electron chi connectivity index (χ1n) is 5.51. The lowest BCUT2D eigenvalue weighted by atomic mass is 10.1. The molecule has 0 aliphatic rings. The van der Waals surface area contributed by atoms with Gasteiger partial charge < -0.3 is 16.3 Å². The van der Waals surface area contributed by atoms with Crippen LogP contribution < -0.4 is 11.1 Å². The second-order valence-electron chi connectivity index (χ2n) is 3.65. The molecule has 1 aromatic carbocycles. The average Bonchev–Trinajstić information content (AvgIpc) is 2.38. The molecule has 0 aliphatic heterocycles. The van der Waals surface area contributed by atoms with E-state index < -0.39 is 0 Å². The molecule has 1 amide bonds. The highest BCUT2D eigenvalue weighted by Crippen LogP contribution is 2.04. The van der Waals surface area contributed by atoms with Crippen LogP contribution in [0.5, 0.6) is 0 Å². The highest BCUT2D eigenvalue weighted by atomic mass is 16.4. The average molecular weight is 235 g/mol. The molecular weight excluding hydrogens is 218 g/mol. The zero-order chi connectivity index (χ0) is 12.7. The Balaban J connectivity index is 2.46. The third-order valence-electron chi connectivity index (χ3n) is 2.42. The topological polar surface area (TPSA) is 87.7 Å². The molecule has 0 aliphatic carbocycles. The van der Waals surface area contributed by atoms with Crippen molar-refractivity contribution in [2.24, 2.45) is 10.9 Å². The van der Waals surface area contributed by atoms with Gasteiger partial charge in [-0.05, 0) is 24.1 Å². The number of oxime groups is 1. The zero-order valence-electron chi connectivity index (χ0n) is 9.81. The van der Waals surface area contributed by atoms with E-state index in [1.165, 1.54) is 5.56 Å². The van der Waals surface area contributed by atoms with Gasteiger partial charge in [-0.1, -0.05) is 24.2 Å². The van der Waals surface area contributed by atoms with Crippen LogP contribution in [0.3, 0.4) is 0 Å². The number of nitrogens with zero attached hydrogens (tertiary/aromatic N) is 1. The molecule has 0 saturated carbocycles. The number of nitrogens with one attached hydrogen (secondary N) is 1. The molecule has 4 N–H and O–H groups in total. The van der Waals surface area contributed by atoms with Crippen LogP contribution in [0.25, 0.3) is 0 Å². The molecule has 0 unspecified atom stereocenters. The van der Waals surface area contributed by atoms with Crippen LogP contribution in [0.15, 0.2) is 29.4 Å². The Morgan fingerprint density at radius 2 is 2.06 bits per heavy atom. The SMILES string of the molecule is CCc1ccc(C(=O)NCCC(N)=NO)cc1. The third-order valence-corrected chi connectivity index (χ3v) is 2.42. The summed E-state index contributed by atoms with van der Waals surface area (Å²) in [7, 11) is 0. The lowest BCUT2D eigenvalue weighted by Gasteiger charge is -2.05. The number of benzene rings is 1. The number of hydrogen-bond donors (Lipinski definition) is 3. The van der Waals surface area contributed by atoms with E-state index in [9.17, 15) is 4.79 Å². The highest BCUT2D eigenvalue weighted by molar-refractivity contribution is 5.94. The summed E-state index contributed by atoms with van der Waals surface area (Å²) >= 11 is 0. The lowest BCUT2D eigenvalue weighted by Crippen LogP contribution is -2.27. The van der Waals surface area contributed by atoms with E-state index in [1.54, 1.807) is 12.1 Å². The summed E-state index contributed by atoms with van der Waals surface area (Å²) in [6.45, 7) is 2.41. The van der Waals surface area contributed by atoms with Crippen molar-refractivity contribution in [2.45, 2.75) is 19.8 Å². The van der Waals surface area contributed by atoms with E-state index in [0.717, 1.165) is 6.42 Å². The maximum absolute atomic E-state index is 11.7. The van der Waals surface area contributed by atoms with Crippen molar-refractivity contribution >= 4 is 11.7 Å².